The number of hydrogen-bond acceptors (Lipinski definition) is 10. The Labute approximate surface area is 302 Å². The van der Waals surface area contributed by atoms with Crippen LogP contribution < -0.4 is 0 Å². The van der Waals surface area contributed by atoms with E-state index < -0.39 is 11.9 Å². The van der Waals surface area contributed by atoms with Gasteiger partial charge in [-0.1, -0.05) is 24.3 Å². The Morgan fingerprint density at radius 1 is 0.620 bits per heavy atom. The second-order valence-corrected chi connectivity index (χ2v) is 14.7. The molecule has 0 spiro atoms. The Bertz CT molecular complexity index is 1440. The highest BCUT2D eigenvalue weighted by Crippen LogP contribution is 2.23. The van der Waals surface area contributed by atoms with E-state index in [4.69, 9.17) is 29.3 Å². The number of fused-ring (bicyclic) bond motifs is 2. The Morgan fingerprint density at radius 2 is 1.02 bits per heavy atom. The number of carboxylic acids is 2. The molecule has 10 nitrogen and oxygen atoms in total. The van der Waals surface area contributed by atoms with Gasteiger partial charge in [0.1, 0.15) is 0 Å². The number of aliphatic hydroxyl groups is 2. The predicted octanol–water partition coefficient (Wildman–Crippen LogP) is 5.77. The molecule has 2 saturated heterocycles. The summed E-state index contributed by atoms with van der Waals surface area (Å²) in [6, 6.07) is 17.7. The van der Waals surface area contributed by atoms with Gasteiger partial charge in [0.25, 0.3) is 0 Å². The lowest BCUT2D eigenvalue weighted by Gasteiger charge is -2.29. The minimum Gasteiger partial charge on any atom is -0.473 e. The minimum atomic E-state index is -1.82. The van der Waals surface area contributed by atoms with Gasteiger partial charge in [-0.2, -0.15) is 0 Å². The molecule has 0 atom stereocenters. The number of thiophene rings is 2. The van der Waals surface area contributed by atoms with E-state index >= 15 is 0 Å². The van der Waals surface area contributed by atoms with E-state index in [1.807, 2.05) is 0 Å². The van der Waals surface area contributed by atoms with Crippen LogP contribution in [-0.4, -0.2) is 120 Å². The largest absolute Gasteiger partial charge is 0.473 e. The number of carbonyl (C=O) groups is 2. The zero-order chi connectivity index (χ0) is 35.6. The third kappa shape index (κ3) is 14.7. The van der Waals surface area contributed by atoms with Crippen molar-refractivity contribution in [3.63, 3.8) is 0 Å². The summed E-state index contributed by atoms with van der Waals surface area (Å²) in [4.78, 5) is 23.1. The molecule has 274 valence electrons. The average molecular weight is 729 g/mol. The van der Waals surface area contributed by atoms with Crippen molar-refractivity contribution < 1.29 is 39.5 Å². The summed E-state index contributed by atoms with van der Waals surface area (Å²) in [5.41, 5.74) is 2.71. The number of benzene rings is 2. The zero-order valence-electron chi connectivity index (χ0n) is 28.8. The van der Waals surface area contributed by atoms with Gasteiger partial charge in [-0.05, 0) is 108 Å². The van der Waals surface area contributed by atoms with Crippen LogP contribution in [0, 0.1) is 0 Å². The molecule has 2 aromatic carbocycles. The Morgan fingerprint density at radius 3 is 1.40 bits per heavy atom. The Hall–Kier alpha value is -2.94. The fourth-order valence-corrected chi connectivity index (χ4v) is 7.54. The van der Waals surface area contributed by atoms with E-state index in [9.17, 15) is 10.2 Å². The van der Waals surface area contributed by atoms with Gasteiger partial charge < -0.3 is 39.7 Å². The molecule has 0 aliphatic carbocycles. The molecule has 6 rings (SSSR count). The molecule has 2 aliphatic rings. The van der Waals surface area contributed by atoms with Gasteiger partial charge >= 0.3 is 11.9 Å². The van der Waals surface area contributed by atoms with Crippen molar-refractivity contribution in [3.05, 3.63) is 70.4 Å². The molecular formula is C38H52N2O8S2. The molecule has 2 aromatic heterocycles. The lowest BCUT2D eigenvalue weighted by molar-refractivity contribution is -0.159. The van der Waals surface area contributed by atoms with E-state index in [-0.39, 0.29) is 12.2 Å². The maximum atomic E-state index is 9.48. The van der Waals surface area contributed by atoms with Crippen molar-refractivity contribution in [2.24, 2.45) is 0 Å². The number of aliphatic carboxylic acids is 2. The van der Waals surface area contributed by atoms with Gasteiger partial charge in [0, 0.05) is 61.9 Å². The van der Waals surface area contributed by atoms with Crippen molar-refractivity contribution in [2.75, 3.05) is 65.7 Å². The lowest BCUT2D eigenvalue weighted by Crippen LogP contribution is -2.36. The molecule has 4 heterocycles. The fourth-order valence-electron chi connectivity index (χ4n) is 5.99. The van der Waals surface area contributed by atoms with Crippen molar-refractivity contribution in [2.45, 2.75) is 63.6 Å². The van der Waals surface area contributed by atoms with Crippen LogP contribution in [0.2, 0.25) is 0 Å². The molecule has 0 unspecified atom stereocenters. The molecule has 4 aromatic rings. The first-order valence-corrected chi connectivity index (χ1v) is 19.4. The highest BCUT2D eigenvalue weighted by atomic mass is 32.1. The second kappa shape index (κ2) is 22.1. The van der Waals surface area contributed by atoms with Gasteiger partial charge in [0.2, 0.25) is 0 Å². The number of nitrogens with zero attached hydrogens (tertiary/aromatic N) is 2. The zero-order valence-corrected chi connectivity index (χ0v) is 30.4. The first-order valence-electron chi connectivity index (χ1n) is 17.6. The normalized spacial score (nSPS) is 16.1. The summed E-state index contributed by atoms with van der Waals surface area (Å²) in [7, 11) is 0. The summed E-state index contributed by atoms with van der Waals surface area (Å²) in [5.74, 6) is -3.65. The summed E-state index contributed by atoms with van der Waals surface area (Å²) in [6.07, 6.45) is 7.68. The van der Waals surface area contributed by atoms with Crippen LogP contribution in [-0.2, 0) is 31.9 Å². The van der Waals surface area contributed by atoms with Gasteiger partial charge in [0.05, 0.1) is 25.4 Å². The van der Waals surface area contributed by atoms with E-state index in [2.05, 4.69) is 69.1 Å². The molecule has 2 aliphatic heterocycles. The highest BCUT2D eigenvalue weighted by Gasteiger charge is 2.17. The van der Waals surface area contributed by atoms with E-state index in [1.165, 1.54) is 31.3 Å². The van der Waals surface area contributed by atoms with Crippen LogP contribution in [0.25, 0.3) is 20.2 Å². The van der Waals surface area contributed by atoms with Gasteiger partial charge in [-0.25, -0.2) is 9.59 Å². The summed E-state index contributed by atoms with van der Waals surface area (Å²) < 4.78 is 14.3. The lowest BCUT2D eigenvalue weighted by atomic mass is 10.1. The first-order chi connectivity index (χ1) is 24.3. The number of rotatable bonds is 14. The highest BCUT2D eigenvalue weighted by molar-refractivity contribution is 7.17. The van der Waals surface area contributed by atoms with Crippen molar-refractivity contribution >= 4 is 54.8 Å². The fraction of sp³-hybridized carbons (Fsp3) is 0.526. The molecule has 2 fully saturated rings. The third-order valence-electron chi connectivity index (χ3n) is 8.93. The van der Waals surface area contributed by atoms with E-state index in [0.717, 1.165) is 117 Å². The molecule has 50 heavy (non-hydrogen) atoms. The van der Waals surface area contributed by atoms with Crippen LogP contribution in [0.5, 0.6) is 0 Å². The summed E-state index contributed by atoms with van der Waals surface area (Å²) in [6.45, 7) is 9.57. The first kappa shape index (κ1) is 39.8. The van der Waals surface area contributed by atoms with Crippen LogP contribution in [0.1, 0.15) is 49.7 Å². The topological polar surface area (TPSA) is 140 Å². The van der Waals surface area contributed by atoms with Gasteiger partial charge in [-0.3, -0.25) is 0 Å². The maximum absolute atomic E-state index is 9.48. The molecule has 0 amide bonds. The number of hydrogen-bond donors (Lipinski definition) is 4. The molecule has 4 N–H and O–H groups in total. The smallest absolute Gasteiger partial charge is 0.414 e. The van der Waals surface area contributed by atoms with E-state index in [1.54, 1.807) is 22.7 Å². The maximum Gasteiger partial charge on any atom is 0.414 e. The molecule has 12 heteroatoms. The summed E-state index contributed by atoms with van der Waals surface area (Å²) in [5, 5.41) is 40.7. The van der Waals surface area contributed by atoms with Crippen LogP contribution in [0.15, 0.2) is 59.3 Å². The van der Waals surface area contributed by atoms with Crippen LogP contribution in [0.4, 0.5) is 0 Å². The Balaban J connectivity index is 0.000000194. The van der Waals surface area contributed by atoms with Gasteiger partial charge in [-0.15, -0.1) is 22.7 Å². The number of ether oxygens (including phenoxy) is 2. The van der Waals surface area contributed by atoms with Crippen molar-refractivity contribution in [1.29, 1.82) is 0 Å². The standard InChI is InChI=1S/2C18H25NO2S.C2H2O4/c2*20-17-4-9-19(10-5-17)8-1-11-21-12-6-15-2-3-18-16(14-15)7-13-22-18;3-1(4)2(5)6/h2*2-3,7,13-14,17,20H,1,4-6,8-12H2;(H,3,4)(H,5,6). The third-order valence-corrected chi connectivity index (χ3v) is 10.7. The predicted molar refractivity (Wildman–Crippen MR) is 201 cm³/mol. The Kier molecular flexibility index (Phi) is 17.6. The second-order valence-electron chi connectivity index (χ2n) is 12.8. The van der Waals surface area contributed by atoms with Gasteiger partial charge in [0.15, 0.2) is 0 Å². The van der Waals surface area contributed by atoms with E-state index in [0.29, 0.717) is 0 Å². The molecule has 0 saturated carbocycles. The number of likely N-dealkylation sites (tertiary alicyclic amines) is 2. The molecular weight excluding hydrogens is 677 g/mol. The number of carboxylic acid groups (broad SMARTS) is 2. The van der Waals surface area contributed by atoms with Crippen LogP contribution >= 0.6 is 22.7 Å². The average Bonchev–Trinajstić information content (AvgIpc) is 3.79. The summed E-state index contributed by atoms with van der Waals surface area (Å²) >= 11 is 3.59. The van der Waals surface area contributed by atoms with Crippen LogP contribution in [0.3, 0.4) is 0 Å². The monoisotopic (exact) mass is 728 g/mol. The van der Waals surface area contributed by atoms with Crippen molar-refractivity contribution in [1.82, 2.24) is 9.80 Å². The minimum absolute atomic E-state index is 0.0759. The van der Waals surface area contributed by atoms with Crippen molar-refractivity contribution in [3.8, 4) is 0 Å². The quantitative estimate of drug-likeness (QED) is 0.0935. The molecule has 0 radical (unpaired) electrons. The molecule has 0 bridgehead atoms. The number of piperidine rings is 2. The SMILES string of the molecule is O=C(O)C(=O)O.OC1CCN(CCCOCCc2ccc3sccc3c2)CC1.OC1CCN(CCCOCCc2ccc3sccc3c2)CC1. The number of aliphatic hydroxyl groups excluding tert-OH is 2.